The summed E-state index contributed by atoms with van der Waals surface area (Å²) in [7, 11) is 3.18. The number of nitrogens with zero attached hydrogens (tertiary/aromatic N) is 2. The molecule has 42 heavy (non-hydrogen) atoms. The van der Waals surface area contributed by atoms with E-state index < -0.39 is 82.9 Å². The molecule has 224 valence electrons. The van der Waals surface area contributed by atoms with Crippen LogP contribution in [0.2, 0.25) is 0 Å². The van der Waals surface area contributed by atoms with E-state index in [1.807, 2.05) is 6.92 Å². The first-order chi connectivity index (χ1) is 19.8. The number of nitrogens with two attached hydrogens (primary N) is 1. The van der Waals surface area contributed by atoms with Crippen molar-refractivity contribution in [3.63, 3.8) is 0 Å². The van der Waals surface area contributed by atoms with Gasteiger partial charge in [0.2, 0.25) is 5.91 Å². The van der Waals surface area contributed by atoms with E-state index in [-0.39, 0.29) is 22.0 Å². The highest BCUT2D eigenvalue weighted by molar-refractivity contribution is 7.11. The molecule has 0 bridgehead atoms. The van der Waals surface area contributed by atoms with Crippen LogP contribution in [0, 0.1) is 23.7 Å². The largest absolute Gasteiger partial charge is 0.507 e. The highest BCUT2D eigenvalue weighted by atomic mass is 32.1. The summed E-state index contributed by atoms with van der Waals surface area (Å²) in [6.07, 6.45) is -3.24. The van der Waals surface area contributed by atoms with Crippen molar-refractivity contribution in [1.29, 1.82) is 0 Å². The number of hydrogen-bond donors (Lipinski definition) is 6. The highest BCUT2D eigenvalue weighted by Gasteiger charge is 2.63. The van der Waals surface area contributed by atoms with E-state index in [9.17, 15) is 39.6 Å². The number of likely N-dealkylation sites (N-methyl/N-ethyl adjacent to an activating group) is 1. The van der Waals surface area contributed by atoms with E-state index in [2.05, 4.69) is 10.3 Å². The van der Waals surface area contributed by atoms with Gasteiger partial charge in [-0.05, 0) is 38.1 Å². The van der Waals surface area contributed by atoms with Gasteiger partial charge < -0.3 is 35.8 Å². The van der Waals surface area contributed by atoms with Crippen LogP contribution in [0.25, 0.3) is 5.76 Å². The molecule has 0 aliphatic heterocycles. The molecule has 5 rings (SSSR count). The first-order valence-corrected chi connectivity index (χ1v) is 14.3. The second-order valence-electron chi connectivity index (χ2n) is 11.1. The van der Waals surface area contributed by atoms with Crippen LogP contribution in [-0.2, 0) is 20.8 Å². The van der Waals surface area contributed by atoms with E-state index in [1.165, 1.54) is 17.0 Å². The fourth-order valence-corrected chi connectivity index (χ4v) is 7.52. The zero-order chi connectivity index (χ0) is 30.8. The smallest absolute Gasteiger partial charge is 0.419 e. The van der Waals surface area contributed by atoms with Crippen molar-refractivity contribution < 1.29 is 44.3 Å². The van der Waals surface area contributed by atoms with Gasteiger partial charge in [-0.1, -0.05) is 31.3 Å². The number of hydrogen-bond acceptors (Lipinski definition) is 12. The van der Waals surface area contributed by atoms with Crippen LogP contribution in [0.4, 0.5) is 10.5 Å². The third-order valence-corrected chi connectivity index (χ3v) is 9.44. The number of benzene rings is 1. The van der Waals surface area contributed by atoms with Crippen molar-refractivity contribution in [2.24, 2.45) is 29.4 Å². The molecular formula is C28H32N4O9S. The summed E-state index contributed by atoms with van der Waals surface area (Å²) in [6.45, 7) is 3.59. The maximum atomic E-state index is 14.0. The fraction of sp³-hybridized carbons (Fsp3) is 0.464. The van der Waals surface area contributed by atoms with Crippen LogP contribution in [-0.4, -0.2) is 86.2 Å². The Kier molecular flexibility index (Phi) is 7.60. The van der Waals surface area contributed by atoms with Crippen molar-refractivity contribution in [2.45, 2.75) is 44.4 Å². The number of phenols is 1. The van der Waals surface area contributed by atoms with E-state index in [0.717, 1.165) is 17.0 Å². The van der Waals surface area contributed by atoms with Crippen molar-refractivity contribution in [2.75, 3.05) is 19.4 Å². The zero-order valence-electron chi connectivity index (χ0n) is 23.3. The summed E-state index contributed by atoms with van der Waals surface area (Å²) < 4.78 is 5.19. The van der Waals surface area contributed by atoms with Gasteiger partial charge in [-0.15, -0.1) is 0 Å². The number of carbonyl (C=O) groups excluding carboxylic acids is 4. The number of ether oxygens (including phenoxy) is 1. The Morgan fingerprint density at radius 2 is 1.86 bits per heavy atom. The van der Waals surface area contributed by atoms with Gasteiger partial charge in [0.15, 0.2) is 11.6 Å². The Labute approximate surface area is 244 Å². The number of primary amides is 1. The summed E-state index contributed by atoms with van der Waals surface area (Å²) in [5.74, 6) is -10.1. The van der Waals surface area contributed by atoms with Gasteiger partial charge in [-0.2, -0.15) is 0 Å². The summed E-state index contributed by atoms with van der Waals surface area (Å²) in [4.78, 5) is 57.8. The Morgan fingerprint density at radius 1 is 1.17 bits per heavy atom. The summed E-state index contributed by atoms with van der Waals surface area (Å²) in [5.41, 5.74) is 6.01. The third-order valence-electron chi connectivity index (χ3n) is 8.67. The standard InChI is InChI=1S/C28H32N4O9S/c1-5-10-8-42-28(30-10)41-27(40)31-12-7-6-11-9(2)13-16(22(35)14(11)20(12)33)23(36)17-15(21(13)34)19(32(3)4)25(38)18(24(17)37)26(29)39/h6-9,13,15,17-19,21,25,33-35,38H,5H2,1-4H3,(H2,29,39)(H,31,40)/t9-,13?,15?,17?,18?,19?,21-,25?/m0/s1. The molecular weight excluding hydrogens is 568 g/mol. The molecule has 1 aromatic carbocycles. The van der Waals surface area contributed by atoms with Crippen molar-refractivity contribution in [3.05, 3.63) is 39.9 Å². The van der Waals surface area contributed by atoms with Crippen LogP contribution >= 0.6 is 11.3 Å². The van der Waals surface area contributed by atoms with Crippen LogP contribution in [0.5, 0.6) is 10.9 Å². The second kappa shape index (κ2) is 10.8. The molecule has 3 aliphatic rings. The Morgan fingerprint density at radius 3 is 2.45 bits per heavy atom. The van der Waals surface area contributed by atoms with E-state index in [1.54, 1.807) is 26.4 Å². The minimum Gasteiger partial charge on any atom is -0.507 e. The van der Waals surface area contributed by atoms with Crippen LogP contribution in [0.1, 0.15) is 36.6 Å². The average Bonchev–Trinajstić information content (AvgIpc) is 3.36. The first-order valence-electron chi connectivity index (χ1n) is 13.4. The summed E-state index contributed by atoms with van der Waals surface area (Å²) >= 11 is 1.13. The quantitative estimate of drug-likeness (QED) is 0.212. The predicted octanol–water partition coefficient (Wildman–Crippen LogP) is 1.18. The lowest BCUT2D eigenvalue weighted by molar-refractivity contribution is -0.166. The molecule has 13 nitrogen and oxygen atoms in total. The third kappa shape index (κ3) is 4.45. The van der Waals surface area contributed by atoms with Crippen LogP contribution in [0.15, 0.2) is 23.1 Å². The lowest BCUT2D eigenvalue weighted by Gasteiger charge is -2.53. The molecule has 0 radical (unpaired) electrons. The molecule has 1 aromatic heterocycles. The fourth-order valence-electron chi connectivity index (χ4n) is 6.77. The molecule has 14 heteroatoms. The molecule has 8 atom stereocenters. The molecule has 6 unspecified atom stereocenters. The van der Waals surface area contributed by atoms with Crippen LogP contribution in [0.3, 0.4) is 0 Å². The van der Waals surface area contributed by atoms with Gasteiger partial charge in [-0.3, -0.25) is 19.7 Å². The first kappa shape index (κ1) is 29.6. The maximum Gasteiger partial charge on any atom is 0.419 e. The Hall–Kier alpha value is -3.85. The van der Waals surface area contributed by atoms with E-state index >= 15 is 0 Å². The van der Waals surface area contributed by atoms with E-state index in [0.29, 0.717) is 12.0 Å². The van der Waals surface area contributed by atoms with Crippen LogP contribution < -0.4 is 15.8 Å². The molecule has 2 saturated carbocycles. The number of rotatable bonds is 5. The number of ketones is 2. The Balaban J connectivity index is 1.55. The van der Waals surface area contributed by atoms with Gasteiger partial charge in [-0.25, -0.2) is 9.78 Å². The SMILES string of the molecule is CCc1csc(OC(=O)Nc2ccc3c(c2O)C(O)=C2C(=O)C4C(=O)C(C(N)=O)C(O)C(N(C)C)C4[C@@H](O)C2[C@H]3C)n1. The number of carbonyl (C=O) groups is 4. The number of thiazole rings is 1. The maximum absolute atomic E-state index is 14.0. The number of aliphatic hydroxyl groups is 3. The molecule has 1 heterocycles. The second-order valence-corrected chi connectivity index (χ2v) is 11.9. The molecule has 2 fully saturated rings. The molecule has 7 N–H and O–H groups in total. The number of aromatic hydroxyl groups is 1. The number of phenolic OH excluding ortho intramolecular Hbond substituents is 1. The van der Waals surface area contributed by atoms with Crippen molar-refractivity contribution in [1.82, 2.24) is 9.88 Å². The summed E-state index contributed by atoms with van der Waals surface area (Å²) in [5, 5.41) is 49.5. The number of fused-ring (bicyclic) bond motifs is 3. The van der Waals surface area contributed by atoms with Gasteiger partial charge in [0.1, 0.15) is 17.4 Å². The number of anilines is 1. The number of nitrogens with one attached hydrogen (secondary N) is 1. The topological polar surface area (TPSA) is 213 Å². The number of aryl methyl sites for hydroxylation is 1. The predicted molar refractivity (Wildman–Crippen MR) is 150 cm³/mol. The minimum absolute atomic E-state index is 0.104. The zero-order valence-corrected chi connectivity index (χ0v) is 24.1. The van der Waals surface area contributed by atoms with E-state index in [4.69, 9.17) is 10.5 Å². The van der Waals surface area contributed by atoms with Gasteiger partial charge in [0.25, 0.3) is 5.19 Å². The van der Waals surface area contributed by atoms with Gasteiger partial charge in [0.05, 0.1) is 35.1 Å². The summed E-state index contributed by atoms with van der Waals surface area (Å²) in [6, 6.07) is 1.97. The number of Topliss-reactive ketones (excluding diaryl/α,β-unsaturated/α-hetero) is 2. The molecule has 2 aromatic rings. The number of aliphatic hydroxyl groups excluding tert-OH is 3. The molecule has 2 amide bonds. The van der Waals surface area contributed by atoms with Gasteiger partial charge in [0, 0.05) is 28.8 Å². The average molecular weight is 601 g/mol. The lowest BCUT2D eigenvalue weighted by Crippen LogP contribution is -2.68. The Bertz CT molecular complexity index is 1520. The van der Waals surface area contributed by atoms with Crippen molar-refractivity contribution >= 4 is 46.4 Å². The van der Waals surface area contributed by atoms with Crippen molar-refractivity contribution in [3.8, 4) is 10.9 Å². The highest BCUT2D eigenvalue weighted by Crippen LogP contribution is 2.55. The number of aromatic nitrogens is 1. The lowest BCUT2D eigenvalue weighted by atomic mass is 9.54. The minimum atomic E-state index is -1.69. The molecule has 3 aliphatic carbocycles. The normalized spacial score (nSPS) is 30.5. The molecule has 0 spiro atoms. The van der Waals surface area contributed by atoms with Gasteiger partial charge >= 0.3 is 6.09 Å². The number of amides is 2. The monoisotopic (exact) mass is 600 g/mol. The molecule has 0 saturated heterocycles.